The molecule has 0 bridgehead atoms. The first-order valence-corrected chi connectivity index (χ1v) is 5.77. The van der Waals surface area contributed by atoms with Crippen LogP contribution in [0.15, 0.2) is 18.2 Å². The highest BCUT2D eigenvalue weighted by Gasteiger charge is 2.20. The average molecular weight is 248 g/mol. The second-order valence-electron chi connectivity index (χ2n) is 3.86. The van der Waals surface area contributed by atoms with Crippen molar-refractivity contribution in [2.45, 2.75) is 18.3 Å². The average Bonchev–Trinajstić information content (AvgIpc) is 2.56. The minimum atomic E-state index is -0.291. The third-order valence-electron chi connectivity index (χ3n) is 2.62. The third kappa shape index (κ3) is 2.83. The molecule has 1 aliphatic rings. The summed E-state index contributed by atoms with van der Waals surface area (Å²) < 4.78 is 12.8. The molecule has 0 aromatic heterocycles. The molecule has 1 unspecified atom stereocenters. The third-order valence-corrected chi connectivity index (χ3v) is 3.33. The van der Waals surface area contributed by atoms with Gasteiger partial charge in [0.25, 0.3) is 0 Å². The van der Waals surface area contributed by atoms with Crippen molar-refractivity contribution in [3.8, 4) is 0 Å². The van der Waals surface area contributed by atoms with E-state index >= 15 is 0 Å². The van der Waals surface area contributed by atoms with E-state index in [9.17, 15) is 4.39 Å². The van der Waals surface area contributed by atoms with E-state index in [-0.39, 0.29) is 11.2 Å². The molecular weight excluding hydrogens is 236 g/mol. The summed E-state index contributed by atoms with van der Waals surface area (Å²) in [5, 5.41) is 0.734. The van der Waals surface area contributed by atoms with Crippen molar-refractivity contribution in [2.24, 2.45) is 0 Å². The van der Waals surface area contributed by atoms with Gasteiger partial charge in [0.2, 0.25) is 0 Å². The van der Waals surface area contributed by atoms with Gasteiger partial charge in [0, 0.05) is 23.5 Å². The first-order chi connectivity index (χ1) is 7.15. The molecule has 0 amide bonds. The predicted molar refractivity (Wildman–Crippen MR) is 60.9 cm³/mol. The molecule has 1 atom stereocenters. The number of halogens is 3. The summed E-state index contributed by atoms with van der Waals surface area (Å²) in [5.41, 5.74) is 0.962. The molecule has 1 heterocycles. The van der Waals surface area contributed by atoms with E-state index in [0.29, 0.717) is 5.02 Å². The molecule has 1 saturated heterocycles. The first kappa shape index (κ1) is 11.2. The topological polar surface area (TPSA) is 3.24 Å². The Balaban J connectivity index is 2.04. The molecule has 15 heavy (non-hydrogen) atoms. The Hall–Kier alpha value is -0.310. The van der Waals surface area contributed by atoms with E-state index in [2.05, 4.69) is 4.90 Å². The minimum Gasteiger partial charge on any atom is -0.298 e. The monoisotopic (exact) mass is 247 g/mol. The highest BCUT2D eigenvalue weighted by atomic mass is 35.5. The first-order valence-electron chi connectivity index (χ1n) is 4.95. The molecule has 0 radical (unpaired) electrons. The molecule has 2 rings (SSSR count). The zero-order chi connectivity index (χ0) is 10.8. The Kier molecular flexibility index (Phi) is 3.49. The van der Waals surface area contributed by atoms with Crippen molar-refractivity contribution in [1.29, 1.82) is 0 Å². The number of hydrogen-bond donors (Lipinski definition) is 0. The Morgan fingerprint density at radius 3 is 2.87 bits per heavy atom. The number of alkyl halides is 1. The number of likely N-dealkylation sites (tertiary alicyclic amines) is 1. The molecule has 1 nitrogen and oxygen atoms in total. The quantitative estimate of drug-likeness (QED) is 0.726. The van der Waals surface area contributed by atoms with E-state index in [4.69, 9.17) is 23.2 Å². The molecule has 1 aromatic carbocycles. The Morgan fingerprint density at radius 2 is 2.27 bits per heavy atom. The lowest BCUT2D eigenvalue weighted by molar-refractivity contribution is 0.332. The largest absolute Gasteiger partial charge is 0.298 e. The fraction of sp³-hybridized carbons (Fsp3) is 0.455. The van der Waals surface area contributed by atoms with Crippen molar-refractivity contribution in [3.05, 3.63) is 34.6 Å². The number of benzene rings is 1. The van der Waals surface area contributed by atoms with Gasteiger partial charge in [-0.3, -0.25) is 4.90 Å². The van der Waals surface area contributed by atoms with Gasteiger partial charge in [-0.1, -0.05) is 17.7 Å². The highest BCUT2D eigenvalue weighted by molar-refractivity contribution is 6.31. The van der Waals surface area contributed by atoms with Crippen LogP contribution in [0.25, 0.3) is 0 Å². The zero-order valence-corrected chi connectivity index (χ0v) is 9.73. The van der Waals surface area contributed by atoms with E-state index in [0.717, 1.165) is 31.6 Å². The van der Waals surface area contributed by atoms with Crippen LogP contribution in [0.2, 0.25) is 5.02 Å². The molecule has 0 aliphatic carbocycles. The maximum atomic E-state index is 12.8. The van der Waals surface area contributed by atoms with Gasteiger partial charge >= 0.3 is 0 Å². The van der Waals surface area contributed by atoms with Crippen LogP contribution in [-0.4, -0.2) is 23.4 Å². The summed E-state index contributed by atoms with van der Waals surface area (Å²) in [6, 6.07) is 4.53. The van der Waals surface area contributed by atoms with Crippen molar-refractivity contribution in [3.63, 3.8) is 0 Å². The molecule has 82 valence electrons. The van der Waals surface area contributed by atoms with E-state index in [1.54, 1.807) is 6.07 Å². The van der Waals surface area contributed by atoms with Crippen LogP contribution in [0.4, 0.5) is 4.39 Å². The van der Waals surface area contributed by atoms with E-state index in [1.165, 1.54) is 12.1 Å². The fourth-order valence-corrected chi connectivity index (χ4v) is 2.34. The molecule has 0 N–H and O–H groups in total. The second kappa shape index (κ2) is 4.69. The molecule has 1 fully saturated rings. The minimum absolute atomic E-state index is 0.240. The van der Waals surface area contributed by atoms with Crippen LogP contribution < -0.4 is 0 Å². The van der Waals surface area contributed by atoms with Crippen LogP contribution in [0.5, 0.6) is 0 Å². The summed E-state index contributed by atoms with van der Waals surface area (Å²) in [6.07, 6.45) is 1.01. The van der Waals surface area contributed by atoms with Gasteiger partial charge in [0.15, 0.2) is 0 Å². The van der Waals surface area contributed by atoms with Crippen molar-refractivity contribution in [2.75, 3.05) is 13.1 Å². The standard InChI is InChI=1S/C11H12Cl2FN/c12-9-3-4-15(7-9)6-8-1-2-10(14)5-11(8)13/h1-2,5,9H,3-4,6-7H2. The second-order valence-corrected chi connectivity index (χ2v) is 4.88. The van der Waals surface area contributed by atoms with Crippen molar-refractivity contribution in [1.82, 2.24) is 4.90 Å². The SMILES string of the molecule is Fc1ccc(CN2CCC(Cl)C2)c(Cl)c1. The molecule has 0 spiro atoms. The number of hydrogen-bond acceptors (Lipinski definition) is 1. The summed E-state index contributed by atoms with van der Waals surface area (Å²) in [7, 11) is 0. The van der Waals surface area contributed by atoms with Gasteiger partial charge in [-0.25, -0.2) is 4.39 Å². The van der Waals surface area contributed by atoms with Gasteiger partial charge in [-0.2, -0.15) is 0 Å². The van der Waals surface area contributed by atoms with Crippen LogP contribution in [-0.2, 0) is 6.54 Å². The number of rotatable bonds is 2. The summed E-state index contributed by atoms with van der Waals surface area (Å²) in [6.45, 7) is 2.62. The maximum absolute atomic E-state index is 12.8. The van der Waals surface area contributed by atoms with Crippen molar-refractivity contribution >= 4 is 23.2 Å². The number of nitrogens with zero attached hydrogens (tertiary/aromatic N) is 1. The summed E-state index contributed by atoms with van der Waals surface area (Å²) >= 11 is 11.9. The van der Waals surface area contributed by atoms with Crippen LogP contribution in [0, 0.1) is 5.82 Å². The summed E-state index contributed by atoms with van der Waals surface area (Å²) in [5.74, 6) is -0.291. The lowest BCUT2D eigenvalue weighted by Gasteiger charge is -2.15. The molecule has 1 aliphatic heterocycles. The van der Waals surface area contributed by atoms with Gasteiger partial charge in [0.05, 0.1) is 0 Å². The molecular formula is C11H12Cl2FN. The van der Waals surface area contributed by atoms with Crippen LogP contribution >= 0.6 is 23.2 Å². The maximum Gasteiger partial charge on any atom is 0.124 e. The smallest absolute Gasteiger partial charge is 0.124 e. The Morgan fingerprint density at radius 1 is 1.47 bits per heavy atom. The Labute approximate surface area is 98.8 Å². The zero-order valence-electron chi connectivity index (χ0n) is 8.22. The van der Waals surface area contributed by atoms with Gasteiger partial charge in [-0.05, 0) is 30.7 Å². The lowest BCUT2D eigenvalue weighted by atomic mass is 10.2. The normalized spacial score (nSPS) is 22.2. The fourth-order valence-electron chi connectivity index (χ4n) is 1.82. The molecule has 0 saturated carbocycles. The van der Waals surface area contributed by atoms with Gasteiger partial charge in [-0.15, -0.1) is 11.6 Å². The van der Waals surface area contributed by atoms with E-state index < -0.39 is 0 Å². The van der Waals surface area contributed by atoms with Crippen LogP contribution in [0.1, 0.15) is 12.0 Å². The summed E-state index contributed by atoms with van der Waals surface area (Å²) in [4.78, 5) is 2.23. The highest BCUT2D eigenvalue weighted by Crippen LogP contribution is 2.22. The van der Waals surface area contributed by atoms with Crippen LogP contribution in [0.3, 0.4) is 0 Å². The predicted octanol–water partition coefficient (Wildman–Crippen LogP) is 3.29. The van der Waals surface area contributed by atoms with Crippen molar-refractivity contribution < 1.29 is 4.39 Å². The Bertz CT molecular complexity index is 356. The van der Waals surface area contributed by atoms with E-state index in [1.807, 2.05) is 0 Å². The molecule has 4 heteroatoms. The van der Waals surface area contributed by atoms with Gasteiger partial charge < -0.3 is 0 Å². The lowest BCUT2D eigenvalue weighted by Crippen LogP contribution is -2.20. The van der Waals surface area contributed by atoms with Gasteiger partial charge in [0.1, 0.15) is 5.82 Å². The molecule has 1 aromatic rings.